The molecule has 0 unspecified atom stereocenters. The molecule has 1 aliphatic carbocycles. The summed E-state index contributed by atoms with van der Waals surface area (Å²) in [5, 5.41) is 10.8. The molecule has 3 aromatic rings. The van der Waals surface area contributed by atoms with Crippen molar-refractivity contribution in [3.63, 3.8) is 0 Å². The molecule has 23 heavy (non-hydrogen) atoms. The molecule has 4 rings (SSSR count). The number of hydrogen-bond donors (Lipinski definition) is 1. The molecule has 0 atom stereocenters. The molecular formula is C18H15N3O2. The number of amides is 1. The van der Waals surface area contributed by atoms with Gasteiger partial charge in [0.05, 0.1) is 0 Å². The number of benzene rings is 2. The molecule has 1 N–H and O–H groups in total. The second-order valence-corrected chi connectivity index (χ2v) is 5.63. The normalized spacial score (nSPS) is 13.7. The van der Waals surface area contributed by atoms with E-state index in [1.165, 1.54) is 11.1 Å². The fraction of sp³-hybridized carbons (Fsp3) is 0.167. The van der Waals surface area contributed by atoms with Gasteiger partial charge in [-0.1, -0.05) is 42.5 Å². The molecular weight excluding hydrogens is 290 g/mol. The van der Waals surface area contributed by atoms with Crippen molar-refractivity contribution in [3.05, 3.63) is 71.6 Å². The quantitative estimate of drug-likeness (QED) is 0.807. The zero-order chi connectivity index (χ0) is 15.6. The number of carbonyl (C=O) groups is 1. The molecule has 1 aliphatic rings. The van der Waals surface area contributed by atoms with Crippen LogP contribution >= 0.6 is 0 Å². The number of rotatable bonds is 3. The van der Waals surface area contributed by atoms with Crippen LogP contribution in [0.25, 0.3) is 11.5 Å². The zero-order valence-corrected chi connectivity index (χ0v) is 12.4. The summed E-state index contributed by atoms with van der Waals surface area (Å²) in [6.07, 6.45) is 1.67. The predicted molar refractivity (Wildman–Crippen MR) is 84.8 cm³/mol. The van der Waals surface area contributed by atoms with Gasteiger partial charge in [0, 0.05) is 11.6 Å². The Morgan fingerprint density at radius 3 is 2.30 bits per heavy atom. The van der Waals surface area contributed by atoms with Gasteiger partial charge in [-0.2, -0.15) is 0 Å². The molecule has 0 spiro atoms. The van der Waals surface area contributed by atoms with E-state index in [4.69, 9.17) is 4.42 Å². The van der Waals surface area contributed by atoms with Crippen LogP contribution in [0.1, 0.15) is 21.8 Å². The van der Waals surface area contributed by atoms with E-state index in [0.717, 1.165) is 18.4 Å². The summed E-state index contributed by atoms with van der Waals surface area (Å²) in [5.41, 5.74) is 3.37. The third kappa shape index (κ3) is 2.73. The van der Waals surface area contributed by atoms with Crippen molar-refractivity contribution in [2.45, 2.75) is 18.9 Å². The predicted octanol–water partition coefficient (Wildman–Crippen LogP) is 2.63. The van der Waals surface area contributed by atoms with Gasteiger partial charge in [0.1, 0.15) is 0 Å². The molecule has 0 aliphatic heterocycles. The highest BCUT2D eigenvalue weighted by atomic mass is 16.4. The summed E-state index contributed by atoms with van der Waals surface area (Å²) >= 11 is 0. The van der Waals surface area contributed by atoms with Crippen LogP contribution in [-0.4, -0.2) is 22.1 Å². The van der Waals surface area contributed by atoms with Crippen LogP contribution in [0.15, 0.2) is 59.0 Å². The Balaban J connectivity index is 1.46. The molecule has 1 aromatic heterocycles. The van der Waals surface area contributed by atoms with Gasteiger partial charge in [0.25, 0.3) is 0 Å². The van der Waals surface area contributed by atoms with Crippen molar-refractivity contribution < 1.29 is 9.21 Å². The SMILES string of the molecule is O=C(NC1Cc2ccccc2C1)c1nnc(-c2ccccc2)o1. The van der Waals surface area contributed by atoms with Crippen LogP contribution in [0.3, 0.4) is 0 Å². The molecule has 0 fully saturated rings. The van der Waals surface area contributed by atoms with Gasteiger partial charge in [0.2, 0.25) is 5.89 Å². The minimum atomic E-state index is -0.322. The van der Waals surface area contributed by atoms with E-state index in [1.807, 2.05) is 42.5 Å². The molecule has 1 heterocycles. The lowest BCUT2D eigenvalue weighted by Crippen LogP contribution is -2.35. The highest BCUT2D eigenvalue weighted by Gasteiger charge is 2.25. The highest BCUT2D eigenvalue weighted by molar-refractivity contribution is 5.90. The summed E-state index contributed by atoms with van der Waals surface area (Å²) < 4.78 is 5.48. The largest absolute Gasteiger partial charge is 0.412 e. The molecule has 5 heteroatoms. The van der Waals surface area contributed by atoms with Crippen molar-refractivity contribution in [2.75, 3.05) is 0 Å². The standard InChI is InChI=1S/C18H15N3O2/c22-16(19-15-10-13-8-4-5-9-14(13)11-15)18-21-20-17(23-18)12-6-2-1-3-7-12/h1-9,15H,10-11H2,(H,19,22). The summed E-state index contributed by atoms with van der Waals surface area (Å²) in [7, 11) is 0. The monoisotopic (exact) mass is 305 g/mol. The number of nitrogens with one attached hydrogen (secondary N) is 1. The van der Waals surface area contributed by atoms with Gasteiger partial charge in [-0.05, 0) is 36.1 Å². The topological polar surface area (TPSA) is 68.0 Å². The fourth-order valence-corrected chi connectivity index (χ4v) is 2.92. The smallest absolute Gasteiger partial charge is 0.309 e. The summed E-state index contributed by atoms with van der Waals surface area (Å²) in [6.45, 7) is 0. The lowest BCUT2D eigenvalue weighted by molar-refractivity contribution is 0.0904. The molecule has 0 bridgehead atoms. The fourth-order valence-electron chi connectivity index (χ4n) is 2.92. The van der Waals surface area contributed by atoms with Gasteiger partial charge in [-0.3, -0.25) is 4.79 Å². The van der Waals surface area contributed by atoms with E-state index >= 15 is 0 Å². The Hall–Kier alpha value is -2.95. The third-order valence-corrected chi connectivity index (χ3v) is 4.03. The summed E-state index contributed by atoms with van der Waals surface area (Å²) in [5.74, 6) is 0.0303. The minimum absolute atomic E-state index is 0.000177. The van der Waals surface area contributed by atoms with Gasteiger partial charge >= 0.3 is 11.8 Å². The first-order chi connectivity index (χ1) is 11.3. The Kier molecular flexibility index (Phi) is 3.38. The maximum absolute atomic E-state index is 12.3. The maximum Gasteiger partial charge on any atom is 0.309 e. The van der Waals surface area contributed by atoms with E-state index in [9.17, 15) is 4.79 Å². The van der Waals surface area contributed by atoms with Gasteiger partial charge in [-0.25, -0.2) is 0 Å². The zero-order valence-electron chi connectivity index (χ0n) is 12.4. The number of carbonyl (C=O) groups excluding carboxylic acids is 1. The number of aromatic nitrogens is 2. The average Bonchev–Trinajstić information content (AvgIpc) is 3.22. The molecule has 0 radical (unpaired) electrons. The van der Waals surface area contributed by atoms with E-state index in [1.54, 1.807) is 0 Å². The Morgan fingerprint density at radius 2 is 1.61 bits per heavy atom. The number of nitrogens with zero attached hydrogens (tertiary/aromatic N) is 2. The van der Waals surface area contributed by atoms with Gasteiger partial charge in [0.15, 0.2) is 0 Å². The summed E-state index contributed by atoms with van der Waals surface area (Å²) in [4.78, 5) is 12.3. The van der Waals surface area contributed by atoms with Crippen molar-refractivity contribution in [1.29, 1.82) is 0 Å². The Bertz CT molecular complexity index is 817. The highest BCUT2D eigenvalue weighted by Crippen LogP contribution is 2.22. The van der Waals surface area contributed by atoms with Crippen LogP contribution in [0.2, 0.25) is 0 Å². The van der Waals surface area contributed by atoms with Crippen molar-refractivity contribution in [3.8, 4) is 11.5 Å². The molecule has 2 aromatic carbocycles. The van der Waals surface area contributed by atoms with Crippen LogP contribution < -0.4 is 5.32 Å². The number of hydrogen-bond acceptors (Lipinski definition) is 4. The van der Waals surface area contributed by atoms with E-state index in [2.05, 4.69) is 27.6 Å². The first kappa shape index (κ1) is 13.7. The molecule has 114 valence electrons. The molecule has 0 saturated heterocycles. The van der Waals surface area contributed by atoms with Gasteiger partial charge < -0.3 is 9.73 Å². The van der Waals surface area contributed by atoms with Crippen LogP contribution in [-0.2, 0) is 12.8 Å². The van der Waals surface area contributed by atoms with Crippen molar-refractivity contribution in [2.24, 2.45) is 0 Å². The van der Waals surface area contributed by atoms with E-state index < -0.39 is 0 Å². The second-order valence-electron chi connectivity index (χ2n) is 5.63. The summed E-state index contributed by atoms with van der Waals surface area (Å²) in [6, 6.07) is 17.7. The Labute approximate surface area is 133 Å². The van der Waals surface area contributed by atoms with Gasteiger partial charge in [-0.15, -0.1) is 10.2 Å². The van der Waals surface area contributed by atoms with E-state index in [0.29, 0.717) is 5.89 Å². The van der Waals surface area contributed by atoms with Crippen LogP contribution in [0.5, 0.6) is 0 Å². The molecule has 1 amide bonds. The van der Waals surface area contributed by atoms with E-state index in [-0.39, 0.29) is 17.8 Å². The second kappa shape index (κ2) is 5.68. The van der Waals surface area contributed by atoms with Crippen LogP contribution in [0, 0.1) is 0 Å². The Morgan fingerprint density at radius 1 is 0.957 bits per heavy atom. The van der Waals surface area contributed by atoms with Crippen molar-refractivity contribution in [1.82, 2.24) is 15.5 Å². The lowest BCUT2D eigenvalue weighted by atomic mass is 10.1. The molecule has 0 saturated carbocycles. The third-order valence-electron chi connectivity index (χ3n) is 4.03. The number of fused-ring (bicyclic) bond motifs is 1. The van der Waals surface area contributed by atoms with Crippen LogP contribution in [0.4, 0.5) is 0 Å². The lowest BCUT2D eigenvalue weighted by Gasteiger charge is -2.09. The maximum atomic E-state index is 12.3. The average molecular weight is 305 g/mol. The minimum Gasteiger partial charge on any atom is -0.412 e. The molecule has 5 nitrogen and oxygen atoms in total. The first-order valence-electron chi connectivity index (χ1n) is 7.56. The first-order valence-corrected chi connectivity index (χ1v) is 7.56. The van der Waals surface area contributed by atoms with Crippen molar-refractivity contribution >= 4 is 5.91 Å².